The summed E-state index contributed by atoms with van der Waals surface area (Å²) >= 11 is 0. The predicted octanol–water partition coefficient (Wildman–Crippen LogP) is 0.898. The van der Waals surface area contributed by atoms with Crippen LogP contribution in [0.2, 0.25) is 0 Å². The number of carbonyl (C=O) groups excluding carboxylic acids is 1. The van der Waals surface area contributed by atoms with Crippen molar-refractivity contribution < 1.29 is 9.90 Å². The maximum absolute atomic E-state index is 11.9. The van der Waals surface area contributed by atoms with Gasteiger partial charge in [0, 0.05) is 6.54 Å². The van der Waals surface area contributed by atoms with E-state index in [0.717, 1.165) is 25.8 Å². The van der Waals surface area contributed by atoms with Gasteiger partial charge in [0.15, 0.2) is 0 Å². The maximum Gasteiger partial charge on any atom is 0.237 e. The summed E-state index contributed by atoms with van der Waals surface area (Å²) in [7, 11) is 0. The van der Waals surface area contributed by atoms with Gasteiger partial charge in [-0.2, -0.15) is 0 Å². The van der Waals surface area contributed by atoms with Crippen molar-refractivity contribution in [1.29, 1.82) is 0 Å². The molecule has 17 heavy (non-hydrogen) atoms. The van der Waals surface area contributed by atoms with Crippen molar-refractivity contribution in [2.75, 3.05) is 13.1 Å². The molecule has 1 aliphatic rings. The molecule has 0 aromatic carbocycles. The van der Waals surface area contributed by atoms with Gasteiger partial charge in [-0.3, -0.25) is 4.79 Å². The van der Waals surface area contributed by atoms with Gasteiger partial charge in [0.2, 0.25) is 5.91 Å². The average molecular weight is 242 g/mol. The Kier molecular flexibility index (Phi) is 5.92. The molecule has 3 unspecified atom stereocenters. The second-order valence-electron chi connectivity index (χ2n) is 5.09. The standard InChI is InChI=1S/C13H26N2O2/c1-4-10(5-2)11(16)8-15-13(17)12-9(3)6-7-14-12/h9-12,14,16H,4-8H2,1-3H3,(H,15,17). The maximum atomic E-state index is 11.9. The normalized spacial score (nSPS) is 26.2. The molecule has 0 saturated carbocycles. The Hall–Kier alpha value is -0.610. The second kappa shape index (κ2) is 6.97. The van der Waals surface area contributed by atoms with Crippen molar-refractivity contribution in [2.24, 2.45) is 11.8 Å². The summed E-state index contributed by atoms with van der Waals surface area (Å²) in [6.45, 7) is 7.51. The van der Waals surface area contributed by atoms with Gasteiger partial charge in [-0.05, 0) is 24.8 Å². The number of hydrogen-bond donors (Lipinski definition) is 3. The highest BCUT2D eigenvalue weighted by atomic mass is 16.3. The minimum atomic E-state index is -0.425. The Balaban J connectivity index is 2.32. The first-order valence-corrected chi connectivity index (χ1v) is 6.79. The lowest BCUT2D eigenvalue weighted by molar-refractivity contribution is -0.124. The highest BCUT2D eigenvalue weighted by molar-refractivity contribution is 5.82. The van der Waals surface area contributed by atoms with E-state index in [0.29, 0.717) is 12.5 Å². The largest absolute Gasteiger partial charge is 0.391 e. The molecule has 0 spiro atoms. The van der Waals surface area contributed by atoms with Crippen LogP contribution < -0.4 is 10.6 Å². The fourth-order valence-electron chi connectivity index (χ4n) is 2.50. The smallest absolute Gasteiger partial charge is 0.237 e. The number of aliphatic hydroxyl groups is 1. The zero-order chi connectivity index (χ0) is 12.8. The van der Waals surface area contributed by atoms with Crippen LogP contribution in [0.15, 0.2) is 0 Å². The molecule has 0 aromatic heterocycles. The van der Waals surface area contributed by atoms with Gasteiger partial charge in [0.25, 0.3) is 0 Å². The zero-order valence-corrected chi connectivity index (χ0v) is 11.2. The number of hydrogen-bond acceptors (Lipinski definition) is 3. The third kappa shape index (κ3) is 3.96. The molecule has 3 atom stereocenters. The fourth-order valence-corrected chi connectivity index (χ4v) is 2.50. The van der Waals surface area contributed by atoms with Crippen LogP contribution in [0.4, 0.5) is 0 Å². The van der Waals surface area contributed by atoms with E-state index in [-0.39, 0.29) is 17.9 Å². The number of rotatable bonds is 6. The van der Waals surface area contributed by atoms with Gasteiger partial charge in [0.1, 0.15) is 0 Å². The van der Waals surface area contributed by atoms with Crippen LogP contribution in [0.5, 0.6) is 0 Å². The van der Waals surface area contributed by atoms with Crippen molar-refractivity contribution in [3.63, 3.8) is 0 Å². The molecule has 1 aliphatic heterocycles. The van der Waals surface area contributed by atoms with Crippen molar-refractivity contribution in [3.8, 4) is 0 Å². The summed E-state index contributed by atoms with van der Waals surface area (Å²) in [5.41, 5.74) is 0. The van der Waals surface area contributed by atoms with Gasteiger partial charge in [-0.15, -0.1) is 0 Å². The molecular formula is C13H26N2O2. The molecule has 4 nitrogen and oxygen atoms in total. The first-order valence-electron chi connectivity index (χ1n) is 6.79. The minimum Gasteiger partial charge on any atom is -0.391 e. The molecule has 1 rings (SSSR count). The molecular weight excluding hydrogens is 216 g/mol. The van der Waals surface area contributed by atoms with Crippen molar-refractivity contribution in [2.45, 2.75) is 52.2 Å². The third-order valence-electron chi connectivity index (χ3n) is 3.89. The fraction of sp³-hybridized carbons (Fsp3) is 0.923. The SMILES string of the molecule is CCC(CC)C(O)CNC(=O)C1NCCC1C. The molecule has 4 heteroatoms. The van der Waals surface area contributed by atoms with Gasteiger partial charge in [-0.25, -0.2) is 0 Å². The first kappa shape index (κ1) is 14.5. The van der Waals surface area contributed by atoms with Gasteiger partial charge < -0.3 is 15.7 Å². The average Bonchev–Trinajstić information content (AvgIpc) is 2.74. The van der Waals surface area contributed by atoms with Crippen LogP contribution in [-0.2, 0) is 4.79 Å². The second-order valence-corrected chi connectivity index (χ2v) is 5.09. The molecule has 1 heterocycles. The molecule has 100 valence electrons. The first-order chi connectivity index (χ1) is 8.10. The number of aliphatic hydroxyl groups excluding tert-OH is 1. The van der Waals surface area contributed by atoms with E-state index < -0.39 is 6.10 Å². The van der Waals surface area contributed by atoms with E-state index in [4.69, 9.17) is 0 Å². The predicted molar refractivity (Wildman–Crippen MR) is 68.7 cm³/mol. The van der Waals surface area contributed by atoms with Crippen LogP contribution in [0.25, 0.3) is 0 Å². The summed E-state index contributed by atoms with van der Waals surface area (Å²) in [4.78, 5) is 11.9. The lowest BCUT2D eigenvalue weighted by Crippen LogP contribution is -2.46. The van der Waals surface area contributed by atoms with Crippen LogP contribution in [0.1, 0.15) is 40.0 Å². The van der Waals surface area contributed by atoms with E-state index in [1.165, 1.54) is 0 Å². The Bertz CT molecular complexity index is 242. The van der Waals surface area contributed by atoms with Crippen LogP contribution in [0.3, 0.4) is 0 Å². The van der Waals surface area contributed by atoms with Gasteiger partial charge in [0.05, 0.1) is 12.1 Å². The Morgan fingerprint density at radius 2 is 2.12 bits per heavy atom. The molecule has 0 aromatic rings. The van der Waals surface area contributed by atoms with Crippen molar-refractivity contribution in [1.82, 2.24) is 10.6 Å². The summed E-state index contributed by atoms with van der Waals surface area (Å²) in [5.74, 6) is 0.699. The monoisotopic (exact) mass is 242 g/mol. The van der Waals surface area contributed by atoms with Crippen LogP contribution >= 0.6 is 0 Å². The molecule has 0 radical (unpaired) electrons. The van der Waals surface area contributed by atoms with Crippen LogP contribution in [0, 0.1) is 11.8 Å². The molecule has 0 aliphatic carbocycles. The Morgan fingerprint density at radius 1 is 1.47 bits per heavy atom. The van der Waals surface area contributed by atoms with E-state index in [9.17, 15) is 9.90 Å². The van der Waals surface area contributed by atoms with E-state index in [1.54, 1.807) is 0 Å². The van der Waals surface area contributed by atoms with Gasteiger partial charge >= 0.3 is 0 Å². The lowest BCUT2D eigenvalue weighted by atomic mass is 9.96. The van der Waals surface area contributed by atoms with Crippen molar-refractivity contribution >= 4 is 5.91 Å². The minimum absolute atomic E-state index is 0.0278. The molecule has 0 bridgehead atoms. The van der Waals surface area contributed by atoms with E-state index in [1.807, 2.05) is 0 Å². The number of carbonyl (C=O) groups is 1. The summed E-state index contributed by atoms with van der Waals surface area (Å²) < 4.78 is 0. The summed E-state index contributed by atoms with van der Waals surface area (Å²) in [6.07, 6.45) is 2.52. The molecule has 1 saturated heterocycles. The Morgan fingerprint density at radius 3 is 2.59 bits per heavy atom. The molecule has 1 fully saturated rings. The van der Waals surface area contributed by atoms with Crippen molar-refractivity contribution in [3.05, 3.63) is 0 Å². The summed E-state index contributed by atoms with van der Waals surface area (Å²) in [6, 6.07) is -0.0797. The lowest BCUT2D eigenvalue weighted by Gasteiger charge is -2.22. The zero-order valence-electron chi connectivity index (χ0n) is 11.2. The van der Waals surface area contributed by atoms with Crippen LogP contribution in [-0.4, -0.2) is 36.2 Å². The quantitative estimate of drug-likeness (QED) is 0.648. The molecule has 3 N–H and O–H groups in total. The number of nitrogens with one attached hydrogen (secondary N) is 2. The summed E-state index contributed by atoms with van der Waals surface area (Å²) in [5, 5.41) is 16.0. The van der Waals surface area contributed by atoms with E-state index >= 15 is 0 Å². The highest BCUT2D eigenvalue weighted by Crippen LogP contribution is 2.15. The highest BCUT2D eigenvalue weighted by Gasteiger charge is 2.29. The van der Waals surface area contributed by atoms with E-state index in [2.05, 4.69) is 31.4 Å². The third-order valence-corrected chi connectivity index (χ3v) is 3.89. The topological polar surface area (TPSA) is 61.4 Å². The van der Waals surface area contributed by atoms with Gasteiger partial charge in [-0.1, -0.05) is 33.6 Å². The molecule has 1 amide bonds. The Labute approximate surface area is 104 Å². The number of amides is 1.